The molecule has 0 unspecified atom stereocenters. The molecule has 0 spiro atoms. The Bertz CT molecular complexity index is 837. The molecular weight excluding hydrogens is 404 g/mol. The molecule has 0 aromatic carbocycles. The first-order chi connectivity index (χ1) is 14.6. The number of allylic oxidation sites excluding steroid dienone is 1. The lowest BCUT2D eigenvalue weighted by Gasteiger charge is -2.44. The Morgan fingerprint density at radius 2 is 1.90 bits per heavy atom. The van der Waals surface area contributed by atoms with Crippen molar-refractivity contribution in [1.29, 1.82) is 0 Å². The van der Waals surface area contributed by atoms with E-state index < -0.39 is 15.1 Å². The second-order valence-corrected chi connectivity index (χ2v) is 14.0. The number of aliphatic hydroxyl groups excluding tert-OH is 1. The Morgan fingerprint density at radius 1 is 1.13 bits per heavy atom. The standard InChI is InChI=1S/C27H44O3S/c1-18(2)7-5-8-19(3)24-12-13-25-20(9-6-14-27(24,25)4)15-26-23-16-22(28)11-10-21(23)17-31(26,29)30/h15,18-19,22,24-26,28H,5-14,16-17H2,1-4H3/b20-15-/t19-,22+,24-,25-,26-,27-/m1/s1. The van der Waals surface area contributed by atoms with Gasteiger partial charge in [-0.3, -0.25) is 0 Å². The van der Waals surface area contributed by atoms with Gasteiger partial charge in [-0.25, -0.2) is 8.42 Å². The highest BCUT2D eigenvalue weighted by Crippen LogP contribution is 2.60. The molecule has 0 saturated heterocycles. The van der Waals surface area contributed by atoms with E-state index in [1.165, 1.54) is 50.5 Å². The molecule has 0 radical (unpaired) electrons. The van der Waals surface area contributed by atoms with E-state index in [-0.39, 0.29) is 11.9 Å². The number of hydrogen-bond donors (Lipinski definition) is 1. The smallest absolute Gasteiger partial charge is 0.164 e. The van der Waals surface area contributed by atoms with Gasteiger partial charge in [0.25, 0.3) is 0 Å². The van der Waals surface area contributed by atoms with Gasteiger partial charge in [-0.2, -0.15) is 0 Å². The first-order valence-electron chi connectivity index (χ1n) is 12.9. The van der Waals surface area contributed by atoms with E-state index >= 15 is 0 Å². The zero-order chi connectivity index (χ0) is 22.4. The molecule has 4 rings (SSSR count). The van der Waals surface area contributed by atoms with Crippen LogP contribution in [0.15, 0.2) is 22.8 Å². The molecule has 3 nitrogen and oxygen atoms in total. The molecule has 0 aromatic heterocycles. The van der Waals surface area contributed by atoms with Gasteiger partial charge >= 0.3 is 0 Å². The van der Waals surface area contributed by atoms with Gasteiger partial charge in [-0.05, 0) is 86.0 Å². The van der Waals surface area contributed by atoms with Crippen LogP contribution in [0.1, 0.15) is 98.3 Å². The molecule has 2 saturated carbocycles. The van der Waals surface area contributed by atoms with Crippen LogP contribution in [0.3, 0.4) is 0 Å². The predicted octanol–water partition coefficient (Wildman–Crippen LogP) is 6.23. The third-order valence-electron chi connectivity index (χ3n) is 9.33. The molecular formula is C27H44O3S. The van der Waals surface area contributed by atoms with Gasteiger partial charge in [-0.15, -0.1) is 0 Å². The van der Waals surface area contributed by atoms with Crippen LogP contribution in [0.25, 0.3) is 0 Å². The second kappa shape index (κ2) is 8.97. The molecule has 0 bridgehead atoms. The van der Waals surface area contributed by atoms with Crippen LogP contribution in [0, 0.1) is 29.1 Å². The molecule has 2 fully saturated rings. The average molecular weight is 449 g/mol. The third kappa shape index (κ3) is 4.58. The van der Waals surface area contributed by atoms with Crippen LogP contribution in [0.4, 0.5) is 0 Å². The molecule has 3 aliphatic carbocycles. The average Bonchev–Trinajstić information content (AvgIpc) is 3.16. The van der Waals surface area contributed by atoms with E-state index in [2.05, 4.69) is 33.8 Å². The van der Waals surface area contributed by atoms with Gasteiger partial charge in [0.2, 0.25) is 0 Å². The van der Waals surface area contributed by atoms with Gasteiger partial charge in [0, 0.05) is 0 Å². The maximum atomic E-state index is 13.1. The lowest BCUT2D eigenvalue weighted by Crippen LogP contribution is -2.36. The number of fused-ring (bicyclic) bond motifs is 1. The summed E-state index contributed by atoms with van der Waals surface area (Å²) in [5.74, 6) is 3.08. The van der Waals surface area contributed by atoms with Crippen molar-refractivity contribution in [3.8, 4) is 0 Å². The van der Waals surface area contributed by atoms with E-state index in [1.807, 2.05) is 0 Å². The monoisotopic (exact) mass is 448 g/mol. The second-order valence-electron chi connectivity index (χ2n) is 11.9. The Morgan fingerprint density at radius 3 is 2.65 bits per heavy atom. The highest BCUT2D eigenvalue weighted by molar-refractivity contribution is 7.92. The summed E-state index contributed by atoms with van der Waals surface area (Å²) in [6.07, 6.45) is 13.9. The van der Waals surface area contributed by atoms with E-state index in [9.17, 15) is 13.5 Å². The van der Waals surface area contributed by atoms with Gasteiger partial charge in [-0.1, -0.05) is 64.2 Å². The Balaban J connectivity index is 1.54. The fraction of sp³-hybridized carbons (Fsp3) is 0.852. The largest absolute Gasteiger partial charge is 0.393 e. The fourth-order valence-corrected chi connectivity index (χ4v) is 9.77. The maximum Gasteiger partial charge on any atom is 0.164 e. The van der Waals surface area contributed by atoms with E-state index in [0.717, 1.165) is 41.7 Å². The van der Waals surface area contributed by atoms with Crippen LogP contribution in [0.2, 0.25) is 0 Å². The summed E-state index contributed by atoms with van der Waals surface area (Å²) in [5.41, 5.74) is 3.89. The first-order valence-corrected chi connectivity index (χ1v) is 14.6. The van der Waals surface area contributed by atoms with E-state index in [1.54, 1.807) is 0 Å². The first kappa shape index (κ1) is 23.5. The van der Waals surface area contributed by atoms with E-state index in [0.29, 0.717) is 24.2 Å². The summed E-state index contributed by atoms with van der Waals surface area (Å²) in [6, 6.07) is 0. The van der Waals surface area contributed by atoms with Crippen LogP contribution in [-0.4, -0.2) is 30.6 Å². The van der Waals surface area contributed by atoms with Crippen molar-refractivity contribution >= 4 is 9.84 Å². The van der Waals surface area contributed by atoms with Crippen molar-refractivity contribution in [3.63, 3.8) is 0 Å². The minimum absolute atomic E-state index is 0.223. The van der Waals surface area contributed by atoms with Gasteiger partial charge < -0.3 is 5.11 Å². The summed E-state index contributed by atoms with van der Waals surface area (Å²) in [6.45, 7) is 9.62. The highest BCUT2D eigenvalue weighted by Gasteiger charge is 2.51. The van der Waals surface area contributed by atoms with E-state index in [4.69, 9.17) is 0 Å². The lowest BCUT2D eigenvalue weighted by molar-refractivity contribution is 0.0926. The van der Waals surface area contributed by atoms with Crippen LogP contribution in [0.5, 0.6) is 0 Å². The van der Waals surface area contributed by atoms with Crippen molar-refractivity contribution in [2.24, 2.45) is 29.1 Å². The summed E-state index contributed by atoms with van der Waals surface area (Å²) in [4.78, 5) is 0. The van der Waals surface area contributed by atoms with Gasteiger partial charge in [0.05, 0.1) is 11.9 Å². The minimum Gasteiger partial charge on any atom is -0.393 e. The fourth-order valence-electron chi connectivity index (χ4n) is 7.70. The summed E-state index contributed by atoms with van der Waals surface area (Å²) >= 11 is 0. The predicted molar refractivity (Wildman–Crippen MR) is 129 cm³/mol. The molecule has 4 heteroatoms. The number of sulfone groups is 1. The highest BCUT2D eigenvalue weighted by atomic mass is 32.2. The topological polar surface area (TPSA) is 54.4 Å². The molecule has 1 heterocycles. The number of aliphatic hydroxyl groups is 1. The Kier molecular flexibility index (Phi) is 6.81. The van der Waals surface area contributed by atoms with Gasteiger partial charge in [0.15, 0.2) is 9.84 Å². The zero-order valence-corrected chi connectivity index (χ0v) is 21.0. The number of rotatable bonds is 6. The number of hydrogen-bond acceptors (Lipinski definition) is 3. The normalized spacial score (nSPS) is 39.7. The lowest BCUT2D eigenvalue weighted by atomic mass is 9.60. The van der Waals surface area contributed by atoms with Crippen molar-refractivity contribution < 1.29 is 13.5 Å². The van der Waals surface area contributed by atoms with Crippen molar-refractivity contribution in [3.05, 3.63) is 22.8 Å². The van der Waals surface area contributed by atoms with Crippen LogP contribution in [-0.2, 0) is 9.84 Å². The summed E-state index contributed by atoms with van der Waals surface area (Å²) in [5, 5.41) is 9.73. The van der Waals surface area contributed by atoms with Crippen molar-refractivity contribution in [2.45, 2.75) is 110 Å². The molecule has 4 aliphatic rings. The molecule has 176 valence electrons. The third-order valence-corrected chi connectivity index (χ3v) is 11.3. The Hall–Kier alpha value is -0.610. The SMILES string of the molecule is CC(C)CCC[C@@H](C)[C@H]1CC[C@@H]2/C(=C\[C@@H]3C4=C(CC[C@H](O)C4)CS3(=O)=O)CCC[C@@]21C. The molecule has 6 atom stereocenters. The summed E-state index contributed by atoms with van der Waals surface area (Å²) in [7, 11) is -3.15. The molecule has 0 amide bonds. The van der Waals surface area contributed by atoms with Crippen molar-refractivity contribution in [2.75, 3.05) is 5.75 Å². The summed E-state index contributed by atoms with van der Waals surface area (Å²) < 4.78 is 26.1. The van der Waals surface area contributed by atoms with Crippen LogP contribution >= 0.6 is 0 Å². The van der Waals surface area contributed by atoms with Crippen molar-refractivity contribution in [1.82, 2.24) is 0 Å². The molecule has 31 heavy (non-hydrogen) atoms. The zero-order valence-electron chi connectivity index (χ0n) is 20.2. The minimum atomic E-state index is -3.15. The van der Waals surface area contributed by atoms with Gasteiger partial charge in [0.1, 0.15) is 5.25 Å². The Labute approximate surface area is 190 Å². The molecule has 1 aliphatic heterocycles. The maximum absolute atomic E-state index is 13.1. The molecule has 0 aromatic rings. The quantitative estimate of drug-likeness (QED) is 0.490. The van der Waals surface area contributed by atoms with Crippen LogP contribution < -0.4 is 0 Å². The molecule has 1 N–H and O–H groups in total.